The Morgan fingerprint density at radius 2 is 0.538 bits per heavy atom. The van der Waals surface area contributed by atoms with Gasteiger partial charge < -0.3 is 25.5 Å². The largest absolute Gasteiger partial charge is 2.00 e. The predicted octanol–water partition coefficient (Wildman–Crippen LogP) is -0.686. The molecule has 0 atom stereocenters. The molecule has 5 N–H and O–H groups in total. The van der Waals surface area contributed by atoms with Crippen LogP contribution >= 0.6 is 0 Å². The van der Waals surface area contributed by atoms with Crippen LogP contribution in [-0.2, 0) is 43.5 Å². The van der Waals surface area contributed by atoms with Gasteiger partial charge in [-0.05, 0) is 32.1 Å². The Morgan fingerprint density at radius 3 is 0.615 bits per heavy atom. The Kier molecular flexibility index (Phi) is 9.41. The fourth-order valence-electron chi connectivity index (χ4n) is 2.02. The van der Waals surface area contributed by atoms with E-state index in [1.807, 2.05) is 32.1 Å². The molecule has 0 unspecified atom stereocenters. The van der Waals surface area contributed by atoms with Crippen molar-refractivity contribution in [1.82, 2.24) is 0 Å². The van der Waals surface area contributed by atoms with Crippen LogP contribution in [0.15, 0.2) is 0 Å². The van der Waals surface area contributed by atoms with Gasteiger partial charge in [-0.25, -0.2) is 0 Å². The first-order chi connectivity index (χ1) is 11.6. The zero-order chi connectivity index (χ0) is 19.3. The summed E-state index contributed by atoms with van der Waals surface area (Å²) < 4.78 is 0. The average Bonchev–Trinajstić information content (AvgIpc) is 3.15. The van der Waals surface area contributed by atoms with Crippen LogP contribution in [0.4, 0.5) is 0 Å². The van der Waals surface area contributed by atoms with E-state index in [-0.39, 0.29) is 19.5 Å². The van der Waals surface area contributed by atoms with Gasteiger partial charge in [-0.15, -0.1) is 0 Å². The van der Waals surface area contributed by atoms with Gasteiger partial charge >= 0.3 is 49.3 Å². The third-order valence-corrected chi connectivity index (χ3v) is 2.87. The normalized spacial score (nSPS) is 19.2. The first kappa shape index (κ1) is 24.0. The molecule has 0 heterocycles. The molecule has 2 rings (SSSR count). The van der Waals surface area contributed by atoms with E-state index in [4.69, 9.17) is 25.5 Å². The van der Waals surface area contributed by atoms with E-state index in [1.54, 1.807) is 0 Å². The molecular weight excluding hydrogens is 441 g/mol. The number of carboxylic acid groups (broad SMARTS) is 5. The van der Waals surface area contributed by atoms with Crippen molar-refractivity contribution >= 4 is 29.8 Å². The van der Waals surface area contributed by atoms with Crippen molar-refractivity contribution in [2.45, 2.75) is 0 Å². The molecule has 0 aromatic rings. The molecule has 0 saturated heterocycles. The molecule has 26 heavy (non-hydrogen) atoms. The molecule has 2 saturated carbocycles. The Balaban J connectivity index is 0.000000893. The topological polar surface area (TPSA) is 186 Å². The summed E-state index contributed by atoms with van der Waals surface area (Å²) in [5.41, 5.74) is 0. The van der Waals surface area contributed by atoms with Crippen LogP contribution in [0, 0.1) is 61.7 Å². The van der Waals surface area contributed by atoms with Crippen LogP contribution < -0.4 is 0 Å². The summed E-state index contributed by atoms with van der Waals surface area (Å²) in [6.45, 7) is 0. The molecule has 0 spiro atoms. The minimum Gasteiger partial charge on any atom is -0.481 e. The maximum atomic E-state index is 10.9. The van der Waals surface area contributed by atoms with Crippen molar-refractivity contribution in [3.05, 3.63) is 61.7 Å². The molecule has 2 aliphatic rings. The molecule has 0 bridgehead atoms. The zero-order valence-corrected chi connectivity index (χ0v) is 14.3. The smallest absolute Gasteiger partial charge is 0.481 e. The minimum absolute atomic E-state index is 0. The first-order valence-electron chi connectivity index (χ1n) is 6.31. The second-order valence-electron chi connectivity index (χ2n) is 4.36. The molecule has 2 aliphatic carbocycles. The van der Waals surface area contributed by atoms with Crippen LogP contribution in [0.2, 0.25) is 0 Å². The van der Waals surface area contributed by atoms with Crippen LogP contribution in [0.5, 0.6) is 0 Å². The Hall–Kier alpha value is -2.03. The van der Waals surface area contributed by atoms with Crippen LogP contribution in [0.3, 0.4) is 0 Å². The minimum atomic E-state index is -2.06. The van der Waals surface area contributed by atoms with Crippen LogP contribution in [0.1, 0.15) is 0 Å². The number of carboxylic acids is 5. The molecule has 0 aromatic carbocycles. The second kappa shape index (κ2) is 10.2. The van der Waals surface area contributed by atoms with Gasteiger partial charge in [0.25, 0.3) is 0 Å². The molecule has 0 aromatic heterocycles. The third-order valence-electron chi connectivity index (χ3n) is 2.87. The third kappa shape index (κ3) is 5.23. The molecule has 11 heteroatoms. The monoisotopic (exact) mass is 452 g/mol. The van der Waals surface area contributed by atoms with Gasteiger partial charge in [0, 0.05) is 0 Å². The van der Waals surface area contributed by atoms with Gasteiger partial charge in [-0.1, -0.05) is 0 Å². The van der Waals surface area contributed by atoms with E-state index < -0.39 is 59.4 Å². The molecule has 0 amide bonds. The van der Waals surface area contributed by atoms with E-state index in [2.05, 4.69) is 0 Å². The molecule has 10 nitrogen and oxygen atoms in total. The SMILES string of the molecule is O=C(O)[C]1[C](C(=O)O)[C](C(=O)O)[C](C(=O)O)[C]1C(=O)O.[CH]1[CH][CH][CH][CH]1.[Ru+2]. The van der Waals surface area contributed by atoms with Crippen molar-refractivity contribution in [2.75, 3.05) is 0 Å². The van der Waals surface area contributed by atoms with E-state index in [1.165, 1.54) is 0 Å². The van der Waals surface area contributed by atoms with E-state index in [0.29, 0.717) is 0 Å². The van der Waals surface area contributed by atoms with E-state index >= 15 is 0 Å². The predicted molar refractivity (Wildman–Crippen MR) is 75.9 cm³/mol. The van der Waals surface area contributed by atoms with E-state index in [9.17, 15) is 24.0 Å². The quantitative estimate of drug-likeness (QED) is 0.335. The molecule has 136 valence electrons. The summed E-state index contributed by atoms with van der Waals surface area (Å²) in [5.74, 6) is -17.2. The summed E-state index contributed by atoms with van der Waals surface area (Å²) in [6, 6.07) is 0. The van der Waals surface area contributed by atoms with Gasteiger partial charge in [0.05, 0.1) is 0 Å². The van der Waals surface area contributed by atoms with Crippen LogP contribution in [-0.4, -0.2) is 55.4 Å². The van der Waals surface area contributed by atoms with Gasteiger partial charge in [-0.3, -0.25) is 24.0 Å². The number of rotatable bonds is 5. The van der Waals surface area contributed by atoms with Crippen molar-refractivity contribution in [3.63, 3.8) is 0 Å². The molecule has 2 fully saturated rings. The van der Waals surface area contributed by atoms with Gasteiger partial charge in [0.1, 0.15) is 29.6 Å². The summed E-state index contributed by atoms with van der Waals surface area (Å²) in [6.07, 6.45) is 10.0. The average molecular weight is 451 g/mol. The summed E-state index contributed by atoms with van der Waals surface area (Å²) >= 11 is 0. The van der Waals surface area contributed by atoms with Gasteiger partial charge in [-0.2, -0.15) is 0 Å². The molecule has 0 aliphatic heterocycles. The number of hydrogen-bond acceptors (Lipinski definition) is 5. The number of carbonyl (C=O) groups is 5. The molecule has 10 radical (unpaired) electrons. The fraction of sp³-hybridized carbons (Fsp3) is 0. The Labute approximate surface area is 161 Å². The second-order valence-corrected chi connectivity index (χ2v) is 4.36. The standard InChI is InChI=1S/C10H5O10.C5H5.Ru/c11-6(12)1-2(7(13)14)4(9(17)18)5(10(19)20)3(1)8(15)16;1-2-4-5-3-1;/h(H,11,12)(H,13,14)(H,15,16)(H,17,18)(H,19,20);1-5H;/q;;+2. The van der Waals surface area contributed by atoms with E-state index in [0.717, 1.165) is 0 Å². The van der Waals surface area contributed by atoms with Gasteiger partial charge in [0.15, 0.2) is 0 Å². The fourth-order valence-corrected chi connectivity index (χ4v) is 2.02. The molecular formula is C15H10O10Ru+2. The first-order valence-corrected chi connectivity index (χ1v) is 6.31. The Morgan fingerprint density at radius 1 is 0.423 bits per heavy atom. The van der Waals surface area contributed by atoms with Crippen molar-refractivity contribution in [1.29, 1.82) is 0 Å². The summed E-state index contributed by atoms with van der Waals surface area (Å²) in [5, 5.41) is 44.2. The Bertz CT molecular complexity index is 449. The zero-order valence-electron chi connectivity index (χ0n) is 12.5. The van der Waals surface area contributed by atoms with Crippen molar-refractivity contribution < 1.29 is 69.0 Å². The summed E-state index contributed by atoms with van der Waals surface area (Å²) in [4.78, 5) is 54.7. The van der Waals surface area contributed by atoms with Gasteiger partial charge in [0.2, 0.25) is 0 Å². The van der Waals surface area contributed by atoms with Crippen molar-refractivity contribution in [3.8, 4) is 0 Å². The number of hydrogen-bond donors (Lipinski definition) is 5. The maximum Gasteiger partial charge on any atom is 2.00 e. The number of aliphatic carboxylic acids is 5. The maximum absolute atomic E-state index is 10.9. The van der Waals surface area contributed by atoms with Crippen LogP contribution in [0.25, 0.3) is 0 Å². The van der Waals surface area contributed by atoms with Crippen molar-refractivity contribution in [2.24, 2.45) is 0 Å². The summed E-state index contributed by atoms with van der Waals surface area (Å²) in [7, 11) is 0.